The minimum absolute atomic E-state index is 0.0147. The molecule has 2 N–H and O–H groups in total. The van der Waals surface area contributed by atoms with Gasteiger partial charge in [-0.25, -0.2) is 0 Å². The quantitative estimate of drug-likeness (QED) is 0.687. The lowest BCUT2D eigenvalue weighted by molar-refractivity contribution is -0.0705. The van der Waals surface area contributed by atoms with E-state index in [2.05, 4.69) is 19.6 Å². The lowest BCUT2D eigenvalue weighted by atomic mass is 9.51. The fourth-order valence-electron chi connectivity index (χ4n) is 3.41. The summed E-state index contributed by atoms with van der Waals surface area (Å²) in [7, 11) is 0. The molecule has 0 amide bonds. The van der Waals surface area contributed by atoms with Gasteiger partial charge in [-0.1, -0.05) is 25.2 Å². The third-order valence-electron chi connectivity index (χ3n) is 4.89. The van der Waals surface area contributed by atoms with Crippen LogP contribution in [-0.2, 0) is 0 Å². The molecule has 0 aromatic carbocycles. The van der Waals surface area contributed by atoms with Crippen LogP contribution in [-0.4, -0.2) is 22.9 Å². The second-order valence-electron chi connectivity index (χ2n) is 6.13. The fraction of sp³-hybridized carbons (Fsp3) is 0.733. The third kappa shape index (κ3) is 2.21. The van der Waals surface area contributed by atoms with Crippen LogP contribution in [0.15, 0.2) is 23.8 Å². The van der Waals surface area contributed by atoms with Crippen molar-refractivity contribution in [2.75, 3.05) is 6.61 Å². The number of allylic oxidation sites excluding steroid dienone is 2. The van der Waals surface area contributed by atoms with Crippen molar-refractivity contribution < 1.29 is 10.2 Å². The molecule has 1 unspecified atom stereocenters. The van der Waals surface area contributed by atoms with Crippen LogP contribution >= 0.6 is 0 Å². The highest BCUT2D eigenvalue weighted by Crippen LogP contribution is 2.56. The number of hydrogen-bond acceptors (Lipinski definition) is 2. The minimum atomic E-state index is -0.348. The molecule has 4 atom stereocenters. The standard InChI is InChI=1S/C15H24O2/c1-10-5-4-6-11(2)14(17)7-13-12(10)8-15(13,3)9-16/h6,12-14,16-17H,1,4-5,7-9H2,2-3H3/b11-6-/t12-,13-,14-,15?/m1/s1. The molecule has 0 aromatic rings. The van der Waals surface area contributed by atoms with Gasteiger partial charge in [-0.05, 0) is 55.4 Å². The number of rotatable bonds is 1. The van der Waals surface area contributed by atoms with Gasteiger partial charge in [0.15, 0.2) is 0 Å². The van der Waals surface area contributed by atoms with Crippen LogP contribution in [0.25, 0.3) is 0 Å². The summed E-state index contributed by atoms with van der Waals surface area (Å²) in [6.45, 7) is 8.55. The van der Waals surface area contributed by atoms with Crippen molar-refractivity contribution in [2.45, 2.75) is 45.6 Å². The Bertz CT molecular complexity index is 345. The van der Waals surface area contributed by atoms with Gasteiger partial charge in [0, 0.05) is 6.61 Å². The Hall–Kier alpha value is -0.600. The van der Waals surface area contributed by atoms with Crippen LogP contribution < -0.4 is 0 Å². The predicted octanol–water partition coefficient (Wildman–Crippen LogP) is 2.67. The van der Waals surface area contributed by atoms with Crippen molar-refractivity contribution in [3.63, 3.8) is 0 Å². The molecule has 96 valence electrons. The zero-order chi connectivity index (χ0) is 12.6. The number of aliphatic hydroxyl groups excluding tert-OH is 2. The first kappa shape index (κ1) is 12.8. The highest BCUT2D eigenvalue weighted by Gasteiger charge is 2.51. The summed E-state index contributed by atoms with van der Waals surface area (Å²) in [6, 6.07) is 0. The molecule has 2 rings (SSSR count). The Morgan fingerprint density at radius 2 is 2.24 bits per heavy atom. The van der Waals surface area contributed by atoms with Crippen molar-refractivity contribution >= 4 is 0 Å². The Morgan fingerprint density at radius 1 is 1.53 bits per heavy atom. The zero-order valence-corrected chi connectivity index (χ0v) is 10.9. The summed E-state index contributed by atoms with van der Waals surface area (Å²) in [5, 5.41) is 19.7. The topological polar surface area (TPSA) is 40.5 Å². The van der Waals surface area contributed by atoms with Crippen molar-refractivity contribution in [2.24, 2.45) is 17.3 Å². The van der Waals surface area contributed by atoms with E-state index in [0.717, 1.165) is 31.3 Å². The average Bonchev–Trinajstić information content (AvgIpc) is 2.34. The third-order valence-corrected chi connectivity index (χ3v) is 4.89. The van der Waals surface area contributed by atoms with Gasteiger partial charge in [0.05, 0.1) is 6.10 Å². The van der Waals surface area contributed by atoms with E-state index in [1.807, 2.05) is 6.92 Å². The van der Waals surface area contributed by atoms with Crippen molar-refractivity contribution in [3.05, 3.63) is 23.8 Å². The summed E-state index contributed by atoms with van der Waals surface area (Å²) in [4.78, 5) is 0. The smallest absolute Gasteiger partial charge is 0.0750 e. The summed E-state index contributed by atoms with van der Waals surface area (Å²) in [5.74, 6) is 0.887. The molecular weight excluding hydrogens is 212 g/mol. The molecule has 2 aliphatic rings. The first-order valence-corrected chi connectivity index (χ1v) is 6.61. The van der Waals surface area contributed by atoms with E-state index in [0.29, 0.717) is 11.8 Å². The normalized spacial score (nSPS) is 45.8. The maximum Gasteiger partial charge on any atom is 0.0750 e. The lowest BCUT2D eigenvalue weighted by Gasteiger charge is -2.54. The van der Waals surface area contributed by atoms with Gasteiger partial charge < -0.3 is 10.2 Å². The van der Waals surface area contributed by atoms with Gasteiger partial charge in [-0.2, -0.15) is 0 Å². The molecule has 0 spiro atoms. The zero-order valence-electron chi connectivity index (χ0n) is 10.9. The SMILES string of the molecule is C=C1CC/C=C(/C)[C@H](O)C[C@@H]2[C@@H]1CC2(C)CO. The Balaban J connectivity index is 2.20. The van der Waals surface area contributed by atoms with E-state index in [1.165, 1.54) is 5.57 Å². The van der Waals surface area contributed by atoms with Crippen LogP contribution in [0.1, 0.15) is 39.5 Å². The summed E-state index contributed by atoms with van der Waals surface area (Å²) >= 11 is 0. The maximum atomic E-state index is 10.2. The molecule has 0 aliphatic heterocycles. The monoisotopic (exact) mass is 236 g/mol. The molecule has 0 aromatic heterocycles. The summed E-state index contributed by atoms with van der Waals surface area (Å²) < 4.78 is 0. The molecule has 17 heavy (non-hydrogen) atoms. The van der Waals surface area contributed by atoms with E-state index in [-0.39, 0.29) is 18.1 Å². The molecule has 1 saturated carbocycles. The highest BCUT2D eigenvalue weighted by molar-refractivity contribution is 5.18. The fourth-order valence-corrected chi connectivity index (χ4v) is 3.41. The number of hydrogen-bond donors (Lipinski definition) is 2. The van der Waals surface area contributed by atoms with Gasteiger partial charge in [0.1, 0.15) is 0 Å². The van der Waals surface area contributed by atoms with Crippen molar-refractivity contribution in [3.8, 4) is 0 Å². The van der Waals surface area contributed by atoms with E-state index in [1.54, 1.807) is 0 Å². The molecule has 2 heteroatoms. The summed E-state index contributed by atoms with van der Waals surface area (Å²) in [5.41, 5.74) is 2.36. The van der Waals surface area contributed by atoms with E-state index < -0.39 is 0 Å². The van der Waals surface area contributed by atoms with Crippen LogP contribution in [0, 0.1) is 17.3 Å². The molecule has 0 bridgehead atoms. The maximum absolute atomic E-state index is 10.2. The number of aliphatic hydroxyl groups is 2. The Kier molecular flexibility index (Phi) is 3.46. The van der Waals surface area contributed by atoms with E-state index in [9.17, 15) is 10.2 Å². The average molecular weight is 236 g/mol. The highest BCUT2D eigenvalue weighted by atomic mass is 16.3. The van der Waals surface area contributed by atoms with Crippen LogP contribution in [0.3, 0.4) is 0 Å². The van der Waals surface area contributed by atoms with Crippen molar-refractivity contribution in [1.29, 1.82) is 0 Å². The Morgan fingerprint density at radius 3 is 2.88 bits per heavy atom. The van der Waals surface area contributed by atoms with Gasteiger partial charge in [-0.15, -0.1) is 0 Å². The minimum Gasteiger partial charge on any atom is -0.396 e. The molecule has 2 nitrogen and oxygen atoms in total. The molecule has 1 fully saturated rings. The van der Waals surface area contributed by atoms with E-state index >= 15 is 0 Å². The predicted molar refractivity (Wildman–Crippen MR) is 69.5 cm³/mol. The van der Waals surface area contributed by atoms with Crippen LogP contribution in [0.4, 0.5) is 0 Å². The second-order valence-corrected chi connectivity index (χ2v) is 6.13. The van der Waals surface area contributed by atoms with Crippen molar-refractivity contribution in [1.82, 2.24) is 0 Å². The van der Waals surface area contributed by atoms with Gasteiger partial charge in [0.2, 0.25) is 0 Å². The molecule has 2 aliphatic carbocycles. The Labute approximate surface area is 104 Å². The summed E-state index contributed by atoms with van der Waals surface area (Å²) in [6.07, 6.45) is 5.59. The van der Waals surface area contributed by atoms with Gasteiger partial charge >= 0.3 is 0 Å². The first-order chi connectivity index (χ1) is 7.98. The molecule has 0 radical (unpaired) electrons. The van der Waals surface area contributed by atoms with Gasteiger partial charge in [0.25, 0.3) is 0 Å². The van der Waals surface area contributed by atoms with Crippen LogP contribution in [0.2, 0.25) is 0 Å². The molecule has 0 saturated heterocycles. The van der Waals surface area contributed by atoms with E-state index in [4.69, 9.17) is 0 Å². The molecule has 0 heterocycles. The largest absolute Gasteiger partial charge is 0.396 e. The molecular formula is C15H24O2. The second kappa shape index (κ2) is 4.58. The number of fused-ring (bicyclic) bond motifs is 1. The first-order valence-electron chi connectivity index (χ1n) is 6.61. The van der Waals surface area contributed by atoms with Crippen LogP contribution in [0.5, 0.6) is 0 Å². The lowest BCUT2D eigenvalue weighted by Crippen LogP contribution is -2.50. The van der Waals surface area contributed by atoms with Gasteiger partial charge in [-0.3, -0.25) is 0 Å².